The van der Waals surface area contributed by atoms with Crippen LogP contribution in [0.5, 0.6) is 0 Å². The molecule has 0 amide bonds. The zero-order valence-corrected chi connectivity index (χ0v) is 13.5. The van der Waals surface area contributed by atoms with E-state index in [1.54, 1.807) is 11.3 Å². The van der Waals surface area contributed by atoms with Crippen molar-refractivity contribution in [2.24, 2.45) is 0 Å². The molecule has 2 atom stereocenters. The van der Waals surface area contributed by atoms with Crippen molar-refractivity contribution in [3.8, 4) is 10.6 Å². The Morgan fingerprint density at radius 1 is 1.09 bits per heavy atom. The second-order valence-electron chi connectivity index (χ2n) is 5.83. The van der Waals surface area contributed by atoms with Crippen LogP contribution in [0.2, 0.25) is 0 Å². The second-order valence-corrected chi connectivity index (χ2v) is 6.94. The minimum absolute atomic E-state index is 0.00785. The van der Waals surface area contributed by atoms with Gasteiger partial charge in [0.1, 0.15) is 5.01 Å². The first-order valence-electron chi connectivity index (χ1n) is 7.80. The Kier molecular flexibility index (Phi) is 3.95. The maximum absolute atomic E-state index is 10.3. The molecule has 0 aliphatic heterocycles. The lowest BCUT2D eigenvalue weighted by molar-refractivity contribution is 0.141. The van der Waals surface area contributed by atoms with Crippen LogP contribution in [-0.2, 0) is 13.0 Å². The van der Waals surface area contributed by atoms with Crippen LogP contribution in [0.1, 0.15) is 22.0 Å². The summed E-state index contributed by atoms with van der Waals surface area (Å²) in [7, 11) is 0. The van der Waals surface area contributed by atoms with E-state index in [9.17, 15) is 5.11 Å². The number of hydrogen-bond donors (Lipinski definition) is 2. The lowest BCUT2D eigenvalue weighted by atomic mass is 10.1. The number of hydrogen-bond acceptors (Lipinski definition) is 4. The van der Waals surface area contributed by atoms with Crippen molar-refractivity contribution in [1.82, 2.24) is 10.3 Å². The number of aliphatic hydroxyl groups is 1. The molecule has 3 aromatic rings. The topological polar surface area (TPSA) is 45.1 Å². The van der Waals surface area contributed by atoms with Crippen LogP contribution in [0, 0.1) is 0 Å². The molecule has 4 rings (SSSR count). The molecule has 0 spiro atoms. The SMILES string of the molecule is O[C@H]1Cc2ccccc2[C@H]1NCc1cnc(-c2ccccc2)s1. The molecular weight excluding hydrogens is 304 g/mol. The lowest BCUT2D eigenvalue weighted by Crippen LogP contribution is -2.28. The Morgan fingerprint density at radius 3 is 2.74 bits per heavy atom. The zero-order chi connectivity index (χ0) is 15.6. The van der Waals surface area contributed by atoms with Gasteiger partial charge in [-0.2, -0.15) is 0 Å². The number of nitrogens with zero attached hydrogens (tertiary/aromatic N) is 1. The van der Waals surface area contributed by atoms with E-state index >= 15 is 0 Å². The van der Waals surface area contributed by atoms with Gasteiger partial charge in [0.25, 0.3) is 0 Å². The fourth-order valence-corrected chi connectivity index (χ4v) is 4.00. The molecule has 3 nitrogen and oxygen atoms in total. The first kappa shape index (κ1) is 14.6. The molecule has 116 valence electrons. The van der Waals surface area contributed by atoms with Gasteiger partial charge in [0.05, 0.1) is 12.1 Å². The lowest BCUT2D eigenvalue weighted by Gasteiger charge is -2.17. The van der Waals surface area contributed by atoms with Gasteiger partial charge in [-0.3, -0.25) is 0 Å². The number of aromatic nitrogens is 1. The Labute approximate surface area is 139 Å². The molecule has 1 aliphatic rings. The largest absolute Gasteiger partial charge is 0.391 e. The van der Waals surface area contributed by atoms with E-state index in [1.165, 1.54) is 16.0 Å². The number of thiazole rings is 1. The van der Waals surface area contributed by atoms with Crippen molar-refractivity contribution in [2.75, 3.05) is 0 Å². The van der Waals surface area contributed by atoms with Crippen LogP contribution in [0.3, 0.4) is 0 Å². The Morgan fingerprint density at radius 2 is 1.87 bits per heavy atom. The summed E-state index contributed by atoms with van der Waals surface area (Å²) in [5, 5.41) is 14.8. The van der Waals surface area contributed by atoms with Gasteiger partial charge < -0.3 is 10.4 Å². The van der Waals surface area contributed by atoms with Crippen molar-refractivity contribution in [3.05, 3.63) is 76.8 Å². The highest BCUT2D eigenvalue weighted by Crippen LogP contribution is 2.32. The van der Waals surface area contributed by atoms with Crippen molar-refractivity contribution in [3.63, 3.8) is 0 Å². The van der Waals surface area contributed by atoms with Crippen molar-refractivity contribution in [2.45, 2.75) is 25.1 Å². The first-order chi connectivity index (χ1) is 11.3. The normalized spacial score (nSPS) is 19.7. The molecular formula is C19H18N2OS. The van der Waals surface area contributed by atoms with Gasteiger partial charge in [0, 0.05) is 29.6 Å². The average molecular weight is 322 g/mol. The summed E-state index contributed by atoms with van der Waals surface area (Å²) in [6.07, 6.45) is 2.30. The Balaban J connectivity index is 1.47. The molecule has 1 aromatic heterocycles. The van der Waals surface area contributed by atoms with Crippen molar-refractivity contribution in [1.29, 1.82) is 0 Å². The van der Waals surface area contributed by atoms with Crippen LogP contribution in [-0.4, -0.2) is 16.2 Å². The van der Waals surface area contributed by atoms with Gasteiger partial charge in [-0.05, 0) is 11.1 Å². The molecule has 1 aliphatic carbocycles. The quantitative estimate of drug-likeness (QED) is 0.772. The van der Waals surface area contributed by atoms with E-state index in [0.717, 1.165) is 23.5 Å². The molecule has 0 saturated heterocycles. The minimum atomic E-state index is -0.353. The standard InChI is InChI=1S/C19H18N2OS/c22-17-10-14-8-4-5-9-16(14)18(17)20-11-15-12-21-19(23-15)13-6-2-1-3-7-13/h1-9,12,17-18,20,22H,10-11H2/t17-,18+/m0/s1. The minimum Gasteiger partial charge on any atom is -0.391 e. The third kappa shape index (κ3) is 2.93. The Hall–Kier alpha value is -2.01. The molecule has 2 aromatic carbocycles. The summed E-state index contributed by atoms with van der Waals surface area (Å²) >= 11 is 1.70. The number of benzene rings is 2. The third-order valence-electron chi connectivity index (χ3n) is 4.27. The molecule has 0 radical (unpaired) electrons. The summed E-state index contributed by atoms with van der Waals surface area (Å²) in [5.74, 6) is 0. The van der Waals surface area contributed by atoms with E-state index < -0.39 is 0 Å². The van der Waals surface area contributed by atoms with Gasteiger partial charge >= 0.3 is 0 Å². The fourth-order valence-electron chi connectivity index (χ4n) is 3.13. The number of nitrogens with one attached hydrogen (secondary N) is 1. The van der Waals surface area contributed by atoms with E-state index in [4.69, 9.17) is 0 Å². The molecule has 0 saturated carbocycles. The highest BCUT2D eigenvalue weighted by Gasteiger charge is 2.30. The summed E-state index contributed by atoms with van der Waals surface area (Å²) in [4.78, 5) is 5.69. The van der Waals surface area contributed by atoms with Crippen molar-refractivity contribution >= 4 is 11.3 Å². The molecule has 0 unspecified atom stereocenters. The van der Waals surface area contributed by atoms with Crippen LogP contribution < -0.4 is 5.32 Å². The Bertz CT molecular complexity index is 800. The van der Waals surface area contributed by atoms with Crippen LogP contribution in [0.25, 0.3) is 10.6 Å². The molecule has 4 heteroatoms. The highest BCUT2D eigenvalue weighted by molar-refractivity contribution is 7.15. The summed E-state index contributed by atoms with van der Waals surface area (Å²) in [5.41, 5.74) is 3.61. The van der Waals surface area contributed by atoms with Gasteiger partial charge in [-0.1, -0.05) is 54.6 Å². The summed E-state index contributed by atoms with van der Waals surface area (Å²) in [6, 6.07) is 18.5. The van der Waals surface area contributed by atoms with E-state index in [2.05, 4.69) is 34.6 Å². The molecule has 23 heavy (non-hydrogen) atoms. The van der Waals surface area contributed by atoms with Gasteiger partial charge in [-0.15, -0.1) is 11.3 Å². The van der Waals surface area contributed by atoms with Crippen LogP contribution >= 0.6 is 11.3 Å². The number of fused-ring (bicyclic) bond motifs is 1. The predicted molar refractivity (Wildman–Crippen MR) is 93.3 cm³/mol. The maximum Gasteiger partial charge on any atom is 0.123 e. The first-order valence-corrected chi connectivity index (χ1v) is 8.62. The maximum atomic E-state index is 10.3. The molecule has 0 bridgehead atoms. The average Bonchev–Trinajstić information content (AvgIpc) is 3.18. The zero-order valence-electron chi connectivity index (χ0n) is 12.6. The summed E-state index contributed by atoms with van der Waals surface area (Å²) in [6.45, 7) is 0.723. The van der Waals surface area contributed by atoms with Crippen LogP contribution in [0.4, 0.5) is 0 Å². The third-order valence-corrected chi connectivity index (χ3v) is 5.32. The number of rotatable bonds is 4. The predicted octanol–water partition coefficient (Wildman–Crippen LogP) is 3.56. The van der Waals surface area contributed by atoms with Gasteiger partial charge in [0.2, 0.25) is 0 Å². The molecule has 2 N–H and O–H groups in total. The summed E-state index contributed by atoms with van der Waals surface area (Å²) < 4.78 is 0. The smallest absolute Gasteiger partial charge is 0.123 e. The highest BCUT2D eigenvalue weighted by atomic mass is 32.1. The van der Waals surface area contributed by atoms with E-state index in [0.29, 0.717) is 0 Å². The fraction of sp³-hybridized carbons (Fsp3) is 0.211. The van der Waals surface area contributed by atoms with Gasteiger partial charge in [-0.25, -0.2) is 4.98 Å². The molecule has 0 fully saturated rings. The monoisotopic (exact) mass is 322 g/mol. The van der Waals surface area contributed by atoms with Gasteiger partial charge in [0.15, 0.2) is 0 Å². The molecule has 1 heterocycles. The van der Waals surface area contributed by atoms with E-state index in [1.807, 2.05) is 36.5 Å². The van der Waals surface area contributed by atoms with Crippen LogP contribution in [0.15, 0.2) is 60.8 Å². The number of aliphatic hydroxyl groups excluding tert-OH is 1. The van der Waals surface area contributed by atoms with E-state index in [-0.39, 0.29) is 12.1 Å². The van der Waals surface area contributed by atoms with Crippen molar-refractivity contribution < 1.29 is 5.11 Å². The second kappa shape index (κ2) is 6.24.